The van der Waals surface area contributed by atoms with Crippen molar-refractivity contribution in [1.29, 1.82) is 0 Å². The average Bonchev–Trinajstić information content (AvgIpc) is 2.21. The molecule has 5 heteroatoms. The third kappa shape index (κ3) is 6.11. The molecule has 0 aliphatic heterocycles. The predicted molar refractivity (Wildman–Crippen MR) is 56.5 cm³/mol. The minimum atomic E-state index is -3.07. The van der Waals surface area contributed by atoms with Crippen molar-refractivity contribution >= 4 is 7.60 Å². The molecule has 0 rings (SSSR count). The lowest BCUT2D eigenvalue weighted by Crippen LogP contribution is -2.02. The quantitative estimate of drug-likeness (QED) is 0.476. The summed E-state index contributed by atoms with van der Waals surface area (Å²) in [6.07, 6.45) is 3.61. The Labute approximate surface area is 84.8 Å². The van der Waals surface area contributed by atoms with E-state index in [0.29, 0.717) is 6.42 Å². The molecule has 0 aromatic carbocycles. The second-order valence-corrected chi connectivity index (χ2v) is 4.77. The lowest BCUT2D eigenvalue weighted by molar-refractivity contribution is 0.230. The molecule has 4 nitrogen and oxygen atoms in total. The fourth-order valence-corrected chi connectivity index (χ4v) is 2.29. The average molecular weight is 220 g/mol. The van der Waals surface area contributed by atoms with Gasteiger partial charge in [-0.25, -0.2) is 0 Å². The Morgan fingerprint density at radius 3 is 2.07 bits per heavy atom. The summed E-state index contributed by atoms with van der Waals surface area (Å²) < 4.78 is 21.9. The Hall–Kier alpha value is -0.410. The van der Waals surface area contributed by atoms with E-state index in [0.717, 1.165) is 0 Å². The molecule has 0 fully saturated rings. The zero-order valence-corrected chi connectivity index (χ0v) is 9.12. The van der Waals surface area contributed by atoms with E-state index in [1.807, 2.05) is 0 Å². The van der Waals surface area contributed by atoms with Crippen LogP contribution in [0.3, 0.4) is 0 Å². The van der Waals surface area contributed by atoms with Crippen molar-refractivity contribution in [2.75, 3.05) is 26.0 Å². The van der Waals surface area contributed by atoms with E-state index >= 15 is 0 Å². The van der Waals surface area contributed by atoms with Gasteiger partial charge in [-0.05, 0) is 6.42 Å². The van der Waals surface area contributed by atoms with Crippen LogP contribution >= 0.6 is 7.60 Å². The standard InChI is InChI=1S/C9H17O4P/c1-3-7-12-14(11,9-5-6-10)13-8-4-2/h3-4,10H,1-2,5-9H2. The highest BCUT2D eigenvalue weighted by Gasteiger charge is 2.22. The maximum absolute atomic E-state index is 11.8. The van der Waals surface area contributed by atoms with Crippen LogP contribution in [0.4, 0.5) is 0 Å². The van der Waals surface area contributed by atoms with Crippen molar-refractivity contribution in [2.24, 2.45) is 0 Å². The number of rotatable bonds is 9. The van der Waals surface area contributed by atoms with Crippen LogP contribution in [0.1, 0.15) is 6.42 Å². The van der Waals surface area contributed by atoms with E-state index in [2.05, 4.69) is 13.2 Å². The highest BCUT2D eigenvalue weighted by atomic mass is 31.2. The molecular formula is C9H17O4P. The van der Waals surface area contributed by atoms with Crippen molar-refractivity contribution < 1.29 is 18.7 Å². The maximum Gasteiger partial charge on any atom is 0.331 e. The molecule has 0 aliphatic rings. The summed E-state index contributed by atoms with van der Waals surface area (Å²) in [4.78, 5) is 0. The Morgan fingerprint density at radius 1 is 1.21 bits per heavy atom. The fourth-order valence-electron chi connectivity index (χ4n) is 0.763. The molecule has 0 atom stereocenters. The summed E-state index contributed by atoms with van der Waals surface area (Å²) in [6, 6.07) is 0. The molecule has 0 radical (unpaired) electrons. The topological polar surface area (TPSA) is 55.8 Å². The van der Waals surface area contributed by atoms with Gasteiger partial charge < -0.3 is 14.2 Å². The summed E-state index contributed by atoms with van der Waals surface area (Å²) in [5.74, 6) is 0. The van der Waals surface area contributed by atoms with Gasteiger partial charge in [-0.3, -0.25) is 4.57 Å². The SMILES string of the molecule is C=CCOP(=O)(CCCO)OCC=C. The van der Waals surface area contributed by atoms with Crippen LogP contribution < -0.4 is 0 Å². The van der Waals surface area contributed by atoms with Crippen molar-refractivity contribution in [2.45, 2.75) is 6.42 Å². The number of hydrogen-bond donors (Lipinski definition) is 1. The number of hydrogen-bond acceptors (Lipinski definition) is 4. The summed E-state index contributed by atoms with van der Waals surface area (Å²) in [5, 5.41) is 8.61. The molecule has 0 bridgehead atoms. The van der Waals surface area contributed by atoms with Crippen LogP contribution in [0.2, 0.25) is 0 Å². The van der Waals surface area contributed by atoms with Gasteiger partial charge in [0.15, 0.2) is 0 Å². The lowest BCUT2D eigenvalue weighted by atomic mass is 10.5. The third-order valence-corrected chi connectivity index (χ3v) is 3.32. The van der Waals surface area contributed by atoms with Gasteiger partial charge in [-0.15, -0.1) is 13.2 Å². The molecule has 0 aliphatic carbocycles. The number of aliphatic hydroxyl groups excluding tert-OH is 1. The molecular weight excluding hydrogens is 203 g/mol. The molecule has 0 aromatic rings. The second kappa shape index (κ2) is 7.94. The van der Waals surface area contributed by atoms with Gasteiger partial charge >= 0.3 is 7.60 Å². The van der Waals surface area contributed by atoms with Gasteiger partial charge in [0.05, 0.1) is 19.4 Å². The van der Waals surface area contributed by atoms with Crippen molar-refractivity contribution in [3.05, 3.63) is 25.3 Å². The van der Waals surface area contributed by atoms with Crippen LogP contribution in [0.25, 0.3) is 0 Å². The summed E-state index contributed by atoms with van der Waals surface area (Å²) in [5.41, 5.74) is 0. The van der Waals surface area contributed by atoms with E-state index in [4.69, 9.17) is 14.2 Å². The summed E-state index contributed by atoms with van der Waals surface area (Å²) in [6.45, 7) is 7.24. The number of aliphatic hydroxyl groups is 1. The normalized spacial score (nSPS) is 11.2. The van der Waals surface area contributed by atoms with Crippen LogP contribution in [0, 0.1) is 0 Å². The van der Waals surface area contributed by atoms with Crippen LogP contribution in [-0.2, 0) is 13.6 Å². The molecule has 0 spiro atoms. The van der Waals surface area contributed by atoms with Gasteiger partial charge in [0.1, 0.15) is 0 Å². The molecule has 0 saturated heterocycles. The second-order valence-electron chi connectivity index (χ2n) is 2.58. The van der Waals surface area contributed by atoms with Crippen LogP contribution in [0.15, 0.2) is 25.3 Å². The van der Waals surface area contributed by atoms with Gasteiger partial charge in [0, 0.05) is 6.61 Å². The Balaban J connectivity index is 4.09. The molecule has 0 aromatic heterocycles. The molecule has 0 amide bonds. The molecule has 82 valence electrons. The molecule has 0 saturated carbocycles. The smallest absolute Gasteiger partial charge is 0.331 e. The highest BCUT2D eigenvalue weighted by molar-refractivity contribution is 7.53. The fraction of sp³-hybridized carbons (Fsp3) is 0.556. The molecule has 14 heavy (non-hydrogen) atoms. The van der Waals surface area contributed by atoms with Crippen LogP contribution in [-0.4, -0.2) is 31.1 Å². The Kier molecular flexibility index (Phi) is 7.71. The van der Waals surface area contributed by atoms with Crippen LogP contribution in [0.5, 0.6) is 0 Å². The summed E-state index contributed by atoms with van der Waals surface area (Å²) in [7, 11) is -3.07. The van der Waals surface area contributed by atoms with Gasteiger partial charge in [0.2, 0.25) is 0 Å². The Morgan fingerprint density at radius 2 is 1.71 bits per heavy atom. The first kappa shape index (κ1) is 13.6. The van der Waals surface area contributed by atoms with E-state index in [1.165, 1.54) is 12.2 Å². The third-order valence-electron chi connectivity index (χ3n) is 1.37. The van der Waals surface area contributed by atoms with Crippen molar-refractivity contribution in [3.63, 3.8) is 0 Å². The van der Waals surface area contributed by atoms with E-state index < -0.39 is 7.60 Å². The first-order chi connectivity index (χ1) is 6.68. The summed E-state index contributed by atoms with van der Waals surface area (Å²) >= 11 is 0. The lowest BCUT2D eigenvalue weighted by Gasteiger charge is -2.16. The zero-order chi connectivity index (χ0) is 10.9. The molecule has 1 N–H and O–H groups in total. The molecule has 0 unspecified atom stereocenters. The van der Waals surface area contributed by atoms with E-state index in [-0.39, 0.29) is 26.0 Å². The minimum absolute atomic E-state index is 0.0289. The molecule has 0 heterocycles. The first-order valence-electron chi connectivity index (χ1n) is 4.39. The largest absolute Gasteiger partial charge is 0.396 e. The van der Waals surface area contributed by atoms with E-state index in [9.17, 15) is 4.57 Å². The van der Waals surface area contributed by atoms with Crippen molar-refractivity contribution in [3.8, 4) is 0 Å². The van der Waals surface area contributed by atoms with E-state index in [1.54, 1.807) is 0 Å². The monoisotopic (exact) mass is 220 g/mol. The predicted octanol–water partition coefficient (Wildman–Crippen LogP) is 1.97. The minimum Gasteiger partial charge on any atom is -0.396 e. The van der Waals surface area contributed by atoms with Gasteiger partial charge in [0.25, 0.3) is 0 Å². The van der Waals surface area contributed by atoms with Crippen molar-refractivity contribution in [1.82, 2.24) is 0 Å². The first-order valence-corrected chi connectivity index (χ1v) is 6.12. The Bertz CT molecular complexity index is 199. The van der Waals surface area contributed by atoms with Gasteiger partial charge in [-0.2, -0.15) is 0 Å². The zero-order valence-electron chi connectivity index (χ0n) is 8.22. The van der Waals surface area contributed by atoms with Gasteiger partial charge in [-0.1, -0.05) is 12.2 Å². The maximum atomic E-state index is 11.8. The highest BCUT2D eigenvalue weighted by Crippen LogP contribution is 2.48.